The van der Waals surface area contributed by atoms with E-state index in [-0.39, 0.29) is 28.9 Å². The van der Waals surface area contributed by atoms with Crippen molar-refractivity contribution in [3.63, 3.8) is 0 Å². The molecule has 2 aliphatic heterocycles. The van der Waals surface area contributed by atoms with Gasteiger partial charge in [-0.15, -0.1) is 0 Å². The summed E-state index contributed by atoms with van der Waals surface area (Å²) in [5.41, 5.74) is 1.37. The molecular formula is C25H30N6O4S. The molecule has 10 nitrogen and oxygen atoms in total. The Balaban J connectivity index is 1.16. The molecule has 3 aromatic rings. The number of ether oxygens (including phenoxy) is 1. The first-order valence-electron chi connectivity index (χ1n) is 12.5. The number of anilines is 1. The van der Waals surface area contributed by atoms with Crippen molar-refractivity contribution in [2.75, 3.05) is 44.2 Å². The fourth-order valence-electron chi connectivity index (χ4n) is 5.27. The Morgan fingerprint density at radius 2 is 1.97 bits per heavy atom. The van der Waals surface area contributed by atoms with E-state index in [1.165, 1.54) is 12.1 Å². The fourth-order valence-corrected chi connectivity index (χ4v) is 6.33. The molecule has 2 N–H and O–H groups in total. The van der Waals surface area contributed by atoms with Gasteiger partial charge in [-0.1, -0.05) is 0 Å². The molecule has 190 valence electrons. The van der Waals surface area contributed by atoms with Gasteiger partial charge in [0.2, 0.25) is 10.0 Å². The number of sulfonamides is 1. The Labute approximate surface area is 210 Å². The van der Waals surface area contributed by atoms with Crippen molar-refractivity contribution < 1.29 is 17.9 Å². The van der Waals surface area contributed by atoms with Gasteiger partial charge in [-0.3, -0.25) is 4.79 Å². The van der Waals surface area contributed by atoms with Crippen LogP contribution < -0.4 is 9.62 Å². The van der Waals surface area contributed by atoms with Gasteiger partial charge in [-0.05, 0) is 56.0 Å². The molecule has 2 aromatic heterocycles. The molecule has 36 heavy (non-hydrogen) atoms. The van der Waals surface area contributed by atoms with Gasteiger partial charge in [-0.25, -0.2) is 23.1 Å². The number of rotatable bonds is 6. The predicted octanol–water partition coefficient (Wildman–Crippen LogP) is 2.16. The van der Waals surface area contributed by atoms with E-state index in [0.29, 0.717) is 31.8 Å². The van der Waals surface area contributed by atoms with Crippen LogP contribution in [-0.4, -0.2) is 79.6 Å². The second-order valence-corrected chi connectivity index (χ2v) is 11.9. The highest BCUT2D eigenvalue weighted by Gasteiger charge is 2.48. The Bertz CT molecular complexity index is 1360. The number of carbonyl (C=O) groups is 1. The van der Waals surface area contributed by atoms with Crippen molar-refractivity contribution in [1.82, 2.24) is 24.6 Å². The molecule has 0 bridgehead atoms. The number of carbonyl (C=O) groups excluding carboxylic acids is 1. The highest BCUT2D eigenvalue weighted by Crippen LogP contribution is 2.48. The van der Waals surface area contributed by atoms with E-state index >= 15 is 0 Å². The molecule has 2 saturated heterocycles. The Kier molecular flexibility index (Phi) is 5.93. The molecule has 4 heterocycles. The monoisotopic (exact) mass is 510 g/mol. The van der Waals surface area contributed by atoms with Gasteiger partial charge in [0.05, 0.1) is 16.4 Å². The summed E-state index contributed by atoms with van der Waals surface area (Å²) in [6.45, 7) is 3.71. The smallest absolute Gasteiger partial charge is 0.253 e. The lowest BCUT2D eigenvalue weighted by atomic mass is 10.1. The number of H-pyrrole nitrogens is 1. The summed E-state index contributed by atoms with van der Waals surface area (Å²) < 4.78 is 33.5. The maximum absolute atomic E-state index is 13.4. The van der Waals surface area contributed by atoms with Crippen LogP contribution in [0.15, 0.2) is 47.8 Å². The standard InChI is InChI=1S/C25H30N6O4S/c32-24(18-3-5-20(6-4-18)36(33,34)29-14-19-2-1-13-35-19)31-12-11-30(15-25(16-31)8-9-25)23-21-7-10-26-22(21)27-17-28-23/h3-7,10,17,19,29H,1-2,8-9,11-16H2,(H,26,27,28). The van der Waals surface area contributed by atoms with Crippen molar-refractivity contribution in [2.24, 2.45) is 5.41 Å². The summed E-state index contributed by atoms with van der Waals surface area (Å²) in [5.74, 6) is 0.820. The maximum Gasteiger partial charge on any atom is 0.253 e. The van der Waals surface area contributed by atoms with Gasteiger partial charge >= 0.3 is 0 Å². The highest BCUT2D eigenvalue weighted by molar-refractivity contribution is 7.89. The summed E-state index contributed by atoms with van der Waals surface area (Å²) in [4.78, 5) is 29.8. The lowest BCUT2D eigenvalue weighted by Gasteiger charge is -2.25. The van der Waals surface area contributed by atoms with Crippen LogP contribution in [0.2, 0.25) is 0 Å². The Morgan fingerprint density at radius 3 is 2.72 bits per heavy atom. The maximum atomic E-state index is 13.4. The zero-order chi connectivity index (χ0) is 24.8. The summed E-state index contributed by atoms with van der Waals surface area (Å²) in [6.07, 6.45) is 7.32. The second kappa shape index (κ2) is 9.13. The number of amides is 1. The van der Waals surface area contributed by atoms with E-state index in [0.717, 1.165) is 49.1 Å². The minimum absolute atomic E-state index is 0.0647. The SMILES string of the molecule is O=C(c1ccc(S(=O)(=O)NCC2CCCO2)cc1)N1CCN(c2ncnc3[nH]ccc23)CC2(CC2)C1. The molecular weight excluding hydrogens is 480 g/mol. The summed E-state index contributed by atoms with van der Waals surface area (Å²) in [7, 11) is -3.66. The van der Waals surface area contributed by atoms with Crippen molar-refractivity contribution in [2.45, 2.75) is 36.7 Å². The quantitative estimate of drug-likeness (QED) is 0.521. The third kappa shape index (κ3) is 4.58. The van der Waals surface area contributed by atoms with Gasteiger partial charge in [0, 0.05) is 56.5 Å². The lowest BCUT2D eigenvalue weighted by Crippen LogP contribution is -2.36. The molecule has 1 amide bonds. The number of fused-ring (bicyclic) bond motifs is 1. The molecule has 11 heteroatoms. The van der Waals surface area contributed by atoms with E-state index in [9.17, 15) is 13.2 Å². The molecule has 0 radical (unpaired) electrons. The third-order valence-corrected chi connectivity index (χ3v) is 8.95. The molecule has 6 rings (SSSR count). The zero-order valence-electron chi connectivity index (χ0n) is 20.0. The van der Waals surface area contributed by atoms with E-state index in [4.69, 9.17) is 4.74 Å². The number of nitrogens with zero attached hydrogens (tertiary/aromatic N) is 4. The minimum Gasteiger partial charge on any atom is -0.377 e. The number of benzene rings is 1. The van der Waals surface area contributed by atoms with E-state index in [2.05, 4.69) is 24.6 Å². The van der Waals surface area contributed by atoms with Crippen LogP contribution in [0.3, 0.4) is 0 Å². The number of hydrogen-bond donors (Lipinski definition) is 2. The zero-order valence-corrected chi connectivity index (χ0v) is 20.8. The van der Waals surface area contributed by atoms with Crippen LogP contribution in [0.25, 0.3) is 11.0 Å². The largest absolute Gasteiger partial charge is 0.377 e. The van der Waals surface area contributed by atoms with Gasteiger partial charge in [0.15, 0.2) is 0 Å². The van der Waals surface area contributed by atoms with Crippen LogP contribution in [-0.2, 0) is 14.8 Å². The molecule has 3 aliphatic rings. The number of aromatic amines is 1. The summed E-state index contributed by atoms with van der Waals surface area (Å²) in [6, 6.07) is 8.22. The van der Waals surface area contributed by atoms with Gasteiger partial charge in [-0.2, -0.15) is 0 Å². The fraction of sp³-hybridized carbons (Fsp3) is 0.480. The number of aromatic nitrogens is 3. The van der Waals surface area contributed by atoms with Gasteiger partial charge in [0.25, 0.3) is 5.91 Å². The summed E-state index contributed by atoms with van der Waals surface area (Å²) >= 11 is 0. The Hall–Kier alpha value is -3.02. The summed E-state index contributed by atoms with van der Waals surface area (Å²) in [5, 5.41) is 0.984. The lowest BCUT2D eigenvalue weighted by molar-refractivity contribution is 0.0740. The average Bonchev–Trinajstić information content (AvgIpc) is 3.26. The van der Waals surface area contributed by atoms with Crippen molar-refractivity contribution >= 4 is 32.8 Å². The minimum atomic E-state index is -3.66. The highest BCUT2D eigenvalue weighted by atomic mass is 32.2. The number of hydrogen-bond acceptors (Lipinski definition) is 7. The van der Waals surface area contributed by atoms with Crippen molar-refractivity contribution in [3.8, 4) is 0 Å². The molecule has 1 saturated carbocycles. The molecule has 1 aromatic carbocycles. The second-order valence-electron chi connectivity index (χ2n) is 10.1. The van der Waals surface area contributed by atoms with Gasteiger partial charge < -0.3 is 19.5 Å². The Morgan fingerprint density at radius 1 is 1.14 bits per heavy atom. The average molecular weight is 511 g/mol. The molecule has 1 spiro atoms. The normalized spacial score (nSPS) is 21.7. The van der Waals surface area contributed by atoms with Crippen molar-refractivity contribution in [3.05, 3.63) is 48.4 Å². The van der Waals surface area contributed by atoms with E-state index in [1.807, 2.05) is 17.2 Å². The third-order valence-electron chi connectivity index (χ3n) is 7.51. The van der Waals surface area contributed by atoms with Crippen molar-refractivity contribution in [1.29, 1.82) is 0 Å². The van der Waals surface area contributed by atoms with Crippen LogP contribution in [0.4, 0.5) is 5.82 Å². The number of nitrogens with one attached hydrogen (secondary N) is 2. The van der Waals surface area contributed by atoms with Crippen LogP contribution in [0.1, 0.15) is 36.0 Å². The van der Waals surface area contributed by atoms with Gasteiger partial charge in [0.1, 0.15) is 17.8 Å². The molecule has 1 unspecified atom stereocenters. The van der Waals surface area contributed by atoms with Crippen LogP contribution in [0.5, 0.6) is 0 Å². The predicted molar refractivity (Wildman–Crippen MR) is 134 cm³/mol. The van der Waals surface area contributed by atoms with Crippen LogP contribution >= 0.6 is 0 Å². The van der Waals surface area contributed by atoms with Crippen LogP contribution in [0, 0.1) is 5.41 Å². The molecule has 3 fully saturated rings. The first kappa shape index (κ1) is 23.4. The topological polar surface area (TPSA) is 121 Å². The van der Waals surface area contributed by atoms with E-state index < -0.39 is 10.0 Å². The first-order valence-corrected chi connectivity index (χ1v) is 13.9. The van der Waals surface area contributed by atoms with E-state index in [1.54, 1.807) is 18.5 Å². The first-order chi connectivity index (χ1) is 17.4. The molecule has 1 atom stereocenters. The molecule has 1 aliphatic carbocycles.